The Morgan fingerprint density at radius 3 is 2.59 bits per heavy atom. The normalized spacial score (nSPS) is 12.2. The lowest BCUT2D eigenvalue weighted by Crippen LogP contribution is -2.48. The van der Waals surface area contributed by atoms with Gasteiger partial charge in [0.25, 0.3) is 0 Å². The second kappa shape index (κ2) is 10.1. The first kappa shape index (κ1) is 23.7. The standard InChI is InChI=1S/C24H28ClFN4O2/c1-15(2)17(4)29(13-22(31)27-12-18-8-7-10-20(25)24(18)26)23(32)14-30-21-11-6-5-9-19(21)16(3)28-30/h5-11,15,17H,12-14H2,1-4H3,(H,27,31). The van der Waals surface area contributed by atoms with Gasteiger partial charge in [-0.3, -0.25) is 14.3 Å². The van der Waals surface area contributed by atoms with E-state index in [1.54, 1.807) is 21.7 Å². The van der Waals surface area contributed by atoms with E-state index in [2.05, 4.69) is 10.4 Å². The number of carbonyl (C=O) groups is 2. The number of amides is 2. The van der Waals surface area contributed by atoms with Crippen LogP contribution in [0.5, 0.6) is 0 Å². The van der Waals surface area contributed by atoms with E-state index in [1.165, 1.54) is 6.07 Å². The number of fused-ring (bicyclic) bond motifs is 1. The molecule has 0 bridgehead atoms. The summed E-state index contributed by atoms with van der Waals surface area (Å²) in [5.74, 6) is -0.984. The lowest BCUT2D eigenvalue weighted by molar-refractivity contribution is -0.139. The van der Waals surface area contributed by atoms with Gasteiger partial charge >= 0.3 is 0 Å². The highest BCUT2D eigenvalue weighted by Crippen LogP contribution is 2.19. The maximum atomic E-state index is 14.1. The van der Waals surface area contributed by atoms with Gasteiger partial charge in [0.2, 0.25) is 11.8 Å². The van der Waals surface area contributed by atoms with Crippen molar-refractivity contribution in [3.05, 3.63) is 64.6 Å². The first-order valence-electron chi connectivity index (χ1n) is 10.6. The summed E-state index contributed by atoms with van der Waals surface area (Å²) in [7, 11) is 0. The number of hydrogen-bond donors (Lipinski definition) is 1. The van der Waals surface area contributed by atoms with Crippen molar-refractivity contribution in [3.63, 3.8) is 0 Å². The van der Waals surface area contributed by atoms with Crippen LogP contribution in [0.15, 0.2) is 42.5 Å². The maximum Gasteiger partial charge on any atom is 0.245 e. The number of benzene rings is 2. The van der Waals surface area contributed by atoms with Crippen molar-refractivity contribution < 1.29 is 14.0 Å². The number of aryl methyl sites for hydroxylation is 1. The van der Waals surface area contributed by atoms with Gasteiger partial charge in [-0.1, -0.05) is 55.8 Å². The maximum absolute atomic E-state index is 14.1. The van der Waals surface area contributed by atoms with Crippen molar-refractivity contribution in [2.24, 2.45) is 5.92 Å². The number of aromatic nitrogens is 2. The molecule has 32 heavy (non-hydrogen) atoms. The van der Waals surface area contributed by atoms with Crippen molar-refractivity contribution in [2.45, 2.75) is 46.8 Å². The molecular weight excluding hydrogens is 431 g/mol. The SMILES string of the molecule is Cc1nn(CC(=O)N(CC(=O)NCc2cccc(Cl)c2F)C(C)C(C)C)c2ccccc12. The Morgan fingerprint density at radius 1 is 1.16 bits per heavy atom. The minimum Gasteiger partial charge on any atom is -0.350 e. The van der Waals surface area contributed by atoms with E-state index in [0.717, 1.165) is 16.6 Å². The zero-order valence-electron chi connectivity index (χ0n) is 18.7. The van der Waals surface area contributed by atoms with Gasteiger partial charge in [0, 0.05) is 23.5 Å². The number of carbonyl (C=O) groups excluding carboxylic acids is 2. The second-order valence-electron chi connectivity index (χ2n) is 8.26. The summed E-state index contributed by atoms with van der Waals surface area (Å²) >= 11 is 5.80. The lowest BCUT2D eigenvalue weighted by atomic mass is 10.0. The molecule has 1 atom stereocenters. The molecule has 0 fully saturated rings. The second-order valence-corrected chi connectivity index (χ2v) is 8.66. The highest BCUT2D eigenvalue weighted by molar-refractivity contribution is 6.30. The summed E-state index contributed by atoms with van der Waals surface area (Å²) < 4.78 is 15.8. The Labute approximate surface area is 192 Å². The number of nitrogens with zero attached hydrogens (tertiary/aromatic N) is 3. The molecule has 0 aliphatic carbocycles. The number of nitrogens with one attached hydrogen (secondary N) is 1. The van der Waals surface area contributed by atoms with Crippen molar-refractivity contribution in [1.82, 2.24) is 20.0 Å². The monoisotopic (exact) mass is 458 g/mol. The highest BCUT2D eigenvalue weighted by atomic mass is 35.5. The Hall–Kier alpha value is -2.93. The molecule has 0 saturated carbocycles. The topological polar surface area (TPSA) is 67.2 Å². The fourth-order valence-electron chi connectivity index (χ4n) is 3.54. The highest BCUT2D eigenvalue weighted by Gasteiger charge is 2.26. The number of rotatable bonds is 8. The van der Waals surface area contributed by atoms with E-state index in [1.807, 2.05) is 52.0 Å². The predicted molar refractivity (Wildman–Crippen MR) is 124 cm³/mol. The van der Waals surface area contributed by atoms with Gasteiger partial charge < -0.3 is 10.2 Å². The molecule has 1 heterocycles. The molecule has 0 spiro atoms. The van der Waals surface area contributed by atoms with Gasteiger partial charge in [0.15, 0.2) is 0 Å². The smallest absolute Gasteiger partial charge is 0.245 e. The van der Waals surface area contributed by atoms with Crippen LogP contribution in [0, 0.1) is 18.7 Å². The van der Waals surface area contributed by atoms with Gasteiger partial charge in [-0.15, -0.1) is 0 Å². The zero-order chi connectivity index (χ0) is 23.4. The van der Waals surface area contributed by atoms with Crippen LogP contribution in [-0.2, 0) is 22.7 Å². The van der Waals surface area contributed by atoms with Crippen LogP contribution in [0.4, 0.5) is 4.39 Å². The first-order valence-corrected chi connectivity index (χ1v) is 11.0. The molecule has 170 valence electrons. The average Bonchev–Trinajstić information content (AvgIpc) is 3.08. The molecule has 2 aromatic carbocycles. The van der Waals surface area contributed by atoms with Gasteiger partial charge in [-0.2, -0.15) is 5.10 Å². The molecular formula is C24H28ClFN4O2. The van der Waals surface area contributed by atoms with Crippen LogP contribution >= 0.6 is 11.6 Å². The fraction of sp³-hybridized carbons (Fsp3) is 0.375. The number of hydrogen-bond acceptors (Lipinski definition) is 3. The van der Waals surface area contributed by atoms with Crippen molar-refractivity contribution >= 4 is 34.3 Å². The first-order chi connectivity index (χ1) is 15.2. The molecule has 2 amide bonds. The van der Waals surface area contributed by atoms with E-state index >= 15 is 0 Å². The molecule has 0 saturated heterocycles. The minimum absolute atomic E-state index is 0.00345. The van der Waals surface area contributed by atoms with Crippen LogP contribution < -0.4 is 5.32 Å². The molecule has 1 aromatic heterocycles. The molecule has 8 heteroatoms. The Balaban J connectivity index is 1.73. The Kier molecular flexibility index (Phi) is 7.51. The van der Waals surface area contributed by atoms with Gasteiger partial charge in [0.1, 0.15) is 12.4 Å². The summed E-state index contributed by atoms with van der Waals surface area (Å²) in [5.41, 5.74) is 2.01. The van der Waals surface area contributed by atoms with Crippen LogP contribution in [0.2, 0.25) is 5.02 Å². The van der Waals surface area contributed by atoms with Gasteiger partial charge in [0.05, 0.1) is 22.8 Å². The molecule has 6 nitrogen and oxygen atoms in total. The third kappa shape index (κ3) is 5.27. The van der Waals surface area contributed by atoms with E-state index in [9.17, 15) is 14.0 Å². The molecule has 0 aliphatic heterocycles. The van der Waals surface area contributed by atoms with Crippen molar-refractivity contribution in [3.8, 4) is 0 Å². The van der Waals surface area contributed by atoms with Gasteiger partial charge in [-0.05, 0) is 31.9 Å². The van der Waals surface area contributed by atoms with Crippen LogP contribution in [-0.4, -0.2) is 39.1 Å². The summed E-state index contributed by atoms with van der Waals surface area (Å²) in [6.07, 6.45) is 0. The minimum atomic E-state index is -0.557. The summed E-state index contributed by atoms with van der Waals surface area (Å²) in [6, 6.07) is 12.2. The summed E-state index contributed by atoms with van der Waals surface area (Å²) in [6.45, 7) is 7.71. The molecule has 1 unspecified atom stereocenters. The van der Waals surface area contributed by atoms with E-state index in [4.69, 9.17) is 11.6 Å². The van der Waals surface area contributed by atoms with Crippen LogP contribution in [0.1, 0.15) is 32.0 Å². The molecule has 3 rings (SSSR count). The number of halogens is 2. The molecule has 3 aromatic rings. The van der Waals surface area contributed by atoms with Crippen molar-refractivity contribution in [2.75, 3.05) is 6.54 Å². The van der Waals surface area contributed by atoms with Gasteiger partial charge in [-0.25, -0.2) is 4.39 Å². The van der Waals surface area contributed by atoms with E-state index in [0.29, 0.717) is 5.56 Å². The summed E-state index contributed by atoms with van der Waals surface area (Å²) in [4.78, 5) is 27.4. The third-order valence-electron chi connectivity index (χ3n) is 5.73. The number of para-hydroxylation sites is 1. The van der Waals surface area contributed by atoms with Crippen LogP contribution in [0.25, 0.3) is 10.9 Å². The largest absolute Gasteiger partial charge is 0.350 e. The molecule has 0 radical (unpaired) electrons. The molecule has 1 N–H and O–H groups in total. The van der Waals surface area contributed by atoms with Crippen LogP contribution in [0.3, 0.4) is 0 Å². The molecule has 0 aliphatic rings. The van der Waals surface area contributed by atoms with E-state index in [-0.39, 0.29) is 48.4 Å². The summed E-state index contributed by atoms with van der Waals surface area (Å²) in [5, 5.41) is 8.19. The third-order valence-corrected chi connectivity index (χ3v) is 6.02. The van der Waals surface area contributed by atoms with Crippen molar-refractivity contribution in [1.29, 1.82) is 0 Å². The quantitative estimate of drug-likeness (QED) is 0.546. The lowest BCUT2D eigenvalue weighted by Gasteiger charge is -2.31. The fourth-order valence-corrected chi connectivity index (χ4v) is 3.74. The Bertz CT molecular complexity index is 1130. The zero-order valence-corrected chi connectivity index (χ0v) is 19.5. The average molecular weight is 459 g/mol. The predicted octanol–water partition coefficient (Wildman–Crippen LogP) is 4.33. The Morgan fingerprint density at radius 2 is 1.88 bits per heavy atom. The van der Waals surface area contributed by atoms with E-state index < -0.39 is 5.82 Å².